The molecule has 6 nitrogen and oxygen atoms in total. The highest BCUT2D eigenvalue weighted by Crippen LogP contribution is 2.04. The number of carbonyl (C=O) groups excluding carboxylic acids is 3. The van der Waals surface area contributed by atoms with Crippen LogP contribution in [0.1, 0.15) is 5.56 Å². The van der Waals surface area contributed by atoms with Gasteiger partial charge < -0.3 is 9.64 Å². The van der Waals surface area contributed by atoms with Gasteiger partial charge >= 0.3 is 6.09 Å². The van der Waals surface area contributed by atoms with Crippen molar-refractivity contribution >= 4 is 17.9 Å². The molecule has 0 aliphatic carbocycles. The summed E-state index contributed by atoms with van der Waals surface area (Å²) in [4.78, 5) is 37.0. The summed E-state index contributed by atoms with van der Waals surface area (Å²) < 4.78 is 4.67. The van der Waals surface area contributed by atoms with E-state index in [1.807, 2.05) is 18.2 Å². The van der Waals surface area contributed by atoms with Gasteiger partial charge in [-0.15, -0.1) is 0 Å². The van der Waals surface area contributed by atoms with Crippen molar-refractivity contribution in [1.82, 2.24) is 9.80 Å². The fraction of sp³-hybridized carbons (Fsp3) is 0.267. The molecule has 0 bridgehead atoms. The minimum absolute atomic E-state index is 0.191. The first-order valence-electron chi connectivity index (χ1n) is 6.37. The molecule has 0 radical (unpaired) electrons. The second-order valence-electron chi connectivity index (χ2n) is 4.44. The molecule has 0 saturated carbocycles. The monoisotopic (exact) mass is 286 g/mol. The van der Waals surface area contributed by atoms with Crippen LogP contribution in [0.15, 0.2) is 30.3 Å². The molecule has 1 aromatic rings. The van der Waals surface area contributed by atoms with Gasteiger partial charge in [-0.2, -0.15) is 0 Å². The van der Waals surface area contributed by atoms with Crippen LogP contribution in [0.25, 0.3) is 0 Å². The van der Waals surface area contributed by atoms with Gasteiger partial charge in [0, 0.05) is 18.5 Å². The van der Waals surface area contributed by atoms with E-state index in [2.05, 4.69) is 16.6 Å². The number of amides is 3. The first-order valence-corrected chi connectivity index (χ1v) is 6.37. The Morgan fingerprint density at radius 1 is 1.33 bits per heavy atom. The van der Waals surface area contributed by atoms with Crippen LogP contribution in [-0.4, -0.2) is 54.5 Å². The highest BCUT2D eigenvalue weighted by molar-refractivity contribution is 5.99. The van der Waals surface area contributed by atoms with Crippen molar-refractivity contribution in [1.29, 1.82) is 0 Å². The molecule has 108 valence electrons. The average Bonchev–Trinajstić information content (AvgIpc) is 2.92. The SMILES string of the molecule is CN(CC(=O)N1CCOC1=O)C(=O)C#Cc1ccccc1. The van der Waals surface area contributed by atoms with E-state index >= 15 is 0 Å². The van der Waals surface area contributed by atoms with E-state index in [4.69, 9.17) is 0 Å². The summed E-state index contributed by atoms with van der Waals surface area (Å²) in [7, 11) is 1.46. The highest BCUT2D eigenvalue weighted by atomic mass is 16.6. The van der Waals surface area contributed by atoms with Gasteiger partial charge in [-0.1, -0.05) is 24.1 Å². The van der Waals surface area contributed by atoms with Crippen LogP contribution in [0.4, 0.5) is 4.79 Å². The number of likely N-dealkylation sites (N-methyl/N-ethyl adjacent to an activating group) is 1. The van der Waals surface area contributed by atoms with Gasteiger partial charge in [-0.3, -0.25) is 9.59 Å². The van der Waals surface area contributed by atoms with Crippen LogP contribution in [0.3, 0.4) is 0 Å². The summed E-state index contributed by atoms with van der Waals surface area (Å²) in [5, 5.41) is 0. The largest absolute Gasteiger partial charge is 0.447 e. The second-order valence-corrected chi connectivity index (χ2v) is 4.44. The molecule has 0 spiro atoms. The fourth-order valence-corrected chi connectivity index (χ4v) is 1.72. The number of carbonyl (C=O) groups is 3. The molecule has 1 aliphatic heterocycles. The molecular weight excluding hydrogens is 272 g/mol. The van der Waals surface area contributed by atoms with Crippen LogP contribution in [0.5, 0.6) is 0 Å². The van der Waals surface area contributed by atoms with Crippen molar-refractivity contribution in [2.24, 2.45) is 0 Å². The Labute approximate surface area is 122 Å². The first-order chi connectivity index (χ1) is 10.1. The number of hydrogen-bond acceptors (Lipinski definition) is 4. The fourth-order valence-electron chi connectivity index (χ4n) is 1.72. The first kappa shape index (κ1) is 14.6. The van der Waals surface area contributed by atoms with Crippen molar-refractivity contribution < 1.29 is 19.1 Å². The quantitative estimate of drug-likeness (QED) is 0.741. The van der Waals surface area contributed by atoms with E-state index in [0.717, 1.165) is 4.90 Å². The predicted molar refractivity (Wildman–Crippen MR) is 74.0 cm³/mol. The maximum Gasteiger partial charge on any atom is 0.416 e. The number of rotatable bonds is 2. The van der Waals surface area contributed by atoms with Crippen LogP contribution < -0.4 is 0 Å². The lowest BCUT2D eigenvalue weighted by Crippen LogP contribution is -2.41. The molecule has 1 fully saturated rings. The van der Waals surface area contributed by atoms with E-state index in [0.29, 0.717) is 5.56 Å². The smallest absolute Gasteiger partial charge is 0.416 e. The van der Waals surface area contributed by atoms with Crippen molar-refractivity contribution in [3.8, 4) is 11.8 Å². The number of ether oxygens (including phenoxy) is 1. The summed E-state index contributed by atoms with van der Waals surface area (Å²) in [6.45, 7) is 0.197. The molecule has 0 unspecified atom stereocenters. The van der Waals surface area contributed by atoms with Crippen LogP contribution in [-0.2, 0) is 14.3 Å². The summed E-state index contributed by atoms with van der Waals surface area (Å²) in [5.74, 6) is 4.21. The van der Waals surface area contributed by atoms with Crippen LogP contribution in [0.2, 0.25) is 0 Å². The van der Waals surface area contributed by atoms with E-state index in [1.54, 1.807) is 12.1 Å². The maximum absolute atomic E-state index is 11.8. The van der Waals surface area contributed by atoms with Crippen LogP contribution in [0, 0.1) is 11.8 Å². The van der Waals surface area contributed by atoms with Crippen molar-refractivity contribution in [2.75, 3.05) is 26.7 Å². The number of hydrogen-bond donors (Lipinski definition) is 0. The minimum Gasteiger partial charge on any atom is -0.447 e. The van der Waals surface area contributed by atoms with E-state index in [9.17, 15) is 14.4 Å². The molecule has 6 heteroatoms. The standard InChI is InChI=1S/C15H14N2O4/c1-16(11-14(19)17-9-10-21-15(17)20)13(18)8-7-12-5-3-2-4-6-12/h2-6H,9-11H2,1H3. The van der Waals surface area contributed by atoms with Gasteiger partial charge in [-0.05, 0) is 12.1 Å². The van der Waals surface area contributed by atoms with Gasteiger partial charge in [0.05, 0.1) is 6.54 Å². The third kappa shape index (κ3) is 3.83. The Morgan fingerprint density at radius 2 is 2.05 bits per heavy atom. The van der Waals surface area contributed by atoms with Gasteiger partial charge in [0.25, 0.3) is 11.8 Å². The molecule has 1 aromatic carbocycles. The normalized spacial score (nSPS) is 13.2. The second kappa shape index (κ2) is 6.57. The van der Waals surface area contributed by atoms with Crippen molar-refractivity contribution in [2.45, 2.75) is 0 Å². The zero-order valence-corrected chi connectivity index (χ0v) is 11.5. The van der Waals surface area contributed by atoms with Gasteiger partial charge in [0.2, 0.25) is 0 Å². The van der Waals surface area contributed by atoms with Gasteiger partial charge in [0.1, 0.15) is 13.2 Å². The Morgan fingerprint density at radius 3 is 2.67 bits per heavy atom. The van der Waals surface area contributed by atoms with Gasteiger partial charge in [-0.25, -0.2) is 9.69 Å². The Kier molecular flexibility index (Phi) is 4.57. The molecule has 3 amide bonds. The maximum atomic E-state index is 11.8. The lowest BCUT2D eigenvalue weighted by molar-refractivity contribution is -0.134. The number of cyclic esters (lactones) is 1. The topological polar surface area (TPSA) is 66.9 Å². The molecule has 0 atom stereocenters. The molecule has 0 N–H and O–H groups in total. The lowest BCUT2D eigenvalue weighted by Gasteiger charge is -2.16. The number of nitrogens with zero attached hydrogens (tertiary/aromatic N) is 2. The third-order valence-corrected chi connectivity index (χ3v) is 2.87. The van der Waals surface area contributed by atoms with Crippen molar-refractivity contribution in [3.63, 3.8) is 0 Å². The Hall–Kier alpha value is -2.81. The number of imide groups is 1. The van der Waals surface area contributed by atoms with Gasteiger partial charge in [0.15, 0.2) is 0 Å². The summed E-state index contributed by atoms with van der Waals surface area (Å²) in [6, 6.07) is 9.06. The average molecular weight is 286 g/mol. The summed E-state index contributed by atoms with van der Waals surface area (Å²) in [6.07, 6.45) is -0.670. The molecule has 1 saturated heterocycles. The zero-order chi connectivity index (χ0) is 15.2. The molecular formula is C15H14N2O4. The highest BCUT2D eigenvalue weighted by Gasteiger charge is 2.29. The summed E-state index contributed by atoms with van der Waals surface area (Å²) >= 11 is 0. The Balaban J connectivity index is 1.92. The number of benzene rings is 1. The lowest BCUT2D eigenvalue weighted by atomic mass is 10.2. The molecule has 21 heavy (non-hydrogen) atoms. The Bertz CT molecular complexity index is 616. The molecule has 2 rings (SSSR count). The van der Waals surface area contributed by atoms with E-state index in [1.165, 1.54) is 11.9 Å². The third-order valence-electron chi connectivity index (χ3n) is 2.87. The zero-order valence-electron chi connectivity index (χ0n) is 11.5. The predicted octanol–water partition coefficient (Wildman–Crippen LogP) is 0.475. The van der Waals surface area contributed by atoms with Crippen molar-refractivity contribution in [3.05, 3.63) is 35.9 Å². The van der Waals surface area contributed by atoms with Crippen LogP contribution >= 0.6 is 0 Å². The molecule has 1 aliphatic rings. The van der Waals surface area contributed by atoms with E-state index in [-0.39, 0.29) is 19.7 Å². The summed E-state index contributed by atoms with van der Waals surface area (Å²) in [5.41, 5.74) is 0.716. The molecule has 0 aromatic heterocycles. The molecule has 1 heterocycles. The minimum atomic E-state index is -0.670. The van der Waals surface area contributed by atoms with E-state index < -0.39 is 17.9 Å².